The largest absolute Gasteiger partial charge is 0.208 e. The lowest BCUT2D eigenvalue weighted by Crippen LogP contribution is -2.00. The van der Waals surface area contributed by atoms with Crippen LogP contribution in [0.15, 0.2) is 140 Å². The van der Waals surface area contributed by atoms with Gasteiger partial charge < -0.3 is 0 Å². The van der Waals surface area contributed by atoms with Gasteiger partial charge in [0, 0.05) is 36.9 Å². The molecule has 0 aliphatic rings. The van der Waals surface area contributed by atoms with Gasteiger partial charge in [-0.2, -0.15) is 0 Å². The molecule has 0 spiro atoms. The monoisotopic (exact) mass is 541 g/mol. The molecule has 0 radical (unpaired) electrons. The van der Waals surface area contributed by atoms with E-state index in [2.05, 4.69) is 103 Å². The highest BCUT2D eigenvalue weighted by Crippen LogP contribution is 2.40. The molecule has 8 rings (SSSR count). The van der Waals surface area contributed by atoms with Gasteiger partial charge in [-0.05, 0) is 34.0 Å². The quantitative estimate of drug-likeness (QED) is 0.222. The SMILES string of the molecule is c1ccc(-c2ccc(-c3nc(-c4ccccc4)nc(-c4cccc5c4ccc4sc6ccccc6c45)n3)cc2)cc1. The van der Waals surface area contributed by atoms with Gasteiger partial charge >= 0.3 is 0 Å². The molecule has 0 unspecified atom stereocenters. The predicted molar refractivity (Wildman–Crippen MR) is 172 cm³/mol. The van der Waals surface area contributed by atoms with Crippen molar-refractivity contribution in [3.63, 3.8) is 0 Å². The van der Waals surface area contributed by atoms with Crippen LogP contribution in [0.4, 0.5) is 0 Å². The van der Waals surface area contributed by atoms with Crippen LogP contribution in [-0.4, -0.2) is 15.0 Å². The third kappa shape index (κ3) is 4.17. The zero-order valence-corrected chi connectivity index (χ0v) is 22.8. The van der Waals surface area contributed by atoms with Crippen LogP contribution in [0.25, 0.3) is 76.2 Å². The van der Waals surface area contributed by atoms with Gasteiger partial charge in [-0.15, -0.1) is 11.3 Å². The number of hydrogen-bond donors (Lipinski definition) is 0. The summed E-state index contributed by atoms with van der Waals surface area (Å²) in [6, 6.07) is 48.5. The minimum atomic E-state index is 0.660. The topological polar surface area (TPSA) is 38.7 Å². The molecule has 0 aliphatic heterocycles. The Morgan fingerprint density at radius 1 is 0.341 bits per heavy atom. The maximum atomic E-state index is 5.06. The minimum Gasteiger partial charge on any atom is -0.208 e. The average molecular weight is 542 g/mol. The number of thiophene rings is 1. The van der Waals surface area contributed by atoms with Crippen molar-refractivity contribution in [2.75, 3.05) is 0 Å². The molecule has 0 fully saturated rings. The fourth-order valence-corrected chi connectivity index (χ4v) is 6.68. The van der Waals surface area contributed by atoms with E-state index in [9.17, 15) is 0 Å². The van der Waals surface area contributed by atoms with Gasteiger partial charge in [-0.25, -0.2) is 15.0 Å². The molecule has 0 atom stereocenters. The summed E-state index contributed by atoms with van der Waals surface area (Å²) in [4.78, 5) is 15.0. The highest BCUT2D eigenvalue weighted by molar-refractivity contribution is 7.26. The van der Waals surface area contributed by atoms with Crippen molar-refractivity contribution in [3.8, 4) is 45.3 Å². The van der Waals surface area contributed by atoms with Crippen LogP contribution in [0.2, 0.25) is 0 Å². The number of rotatable bonds is 4. The first-order valence-electron chi connectivity index (χ1n) is 13.6. The Balaban J connectivity index is 1.33. The Bertz CT molecular complexity index is 2180. The molecule has 0 amide bonds. The third-order valence-electron chi connectivity index (χ3n) is 7.56. The number of fused-ring (bicyclic) bond motifs is 5. The van der Waals surface area contributed by atoms with Crippen molar-refractivity contribution in [3.05, 3.63) is 140 Å². The number of benzene rings is 6. The van der Waals surface area contributed by atoms with E-state index in [0.717, 1.165) is 27.6 Å². The van der Waals surface area contributed by atoms with E-state index < -0.39 is 0 Å². The molecule has 4 heteroatoms. The highest BCUT2D eigenvalue weighted by atomic mass is 32.1. The Morgan fingerprint density at radius 3 is 1.66 bits per heavy atom. The summed E-state index contributed by atoms with van der Waals surface area (Å²) < 4.78 is 2.59. The molecule has 6 aromatic carbocycles. The zero-order chi connectivity index (χ0) is 27.2. The first-order chi connectivity index (χ1) is 20.3. The van der Waals surface area contributed by atoms with Gasteiger partial charge in [0.2, 0.25) is 0 Å². The molecule has 41 heavy (non-hydrogen) atoms. The van der Waals surface area contributed by atoms with Crippen molar-refractivity contribution in [1.82, 2.24) is 15.0 Å². The van der Waals surface area contributed by atoms with Crippen LogP contribution < -0.4 is 0 Å². The summed E-state index contributed by atoms with van der Waals surface area (Å²) >= 11 is 1.84. The van der Waals surface area contributed by atoms with Crippen LogP contribution in [0.1, 0.15) is 0 Å². The van der Waals surface area contributed by atoms with Gasteiger partial charge in [-0.3, -0.25) is 0 Å². The lowest BCUT2D eigenvalue weighted by Gasteiger charge is -2.11. The van der Waals surface area contributed by atoms with Crippen LogP contribution in [0.5, 0.6) is 0 Å². The van der Waals surface area contributed by atoms with E-state index in [4.69, 9.17) is 15.0 Å². The van der Waals surface area contributed by atoms with Crippen molar-refractivity contribution in [2.24, 2.45) is 0 Å². The van der Waals surface area contributed by atoms with Gasteiger partial charge in [0.1, 0.15) is 0 Å². The molecule has 0 aliphatic carbocycles. The molecule has 8 aromatic rings. The second-order valence-corrected chi connectivity index (χ2v) is 11.1. The fraction of sp³-hybridized carbons (Fsp3) is 0. The van der Waals surface area contributed by atoms with Crippen LogP contribution in [0, 0.1) is 0 Å². The Morgan fingerprint density at radius 2 is 0.902 bits per heavy atom. The van der Waals surface area contributed by atoms with E-state index in [0.29, 0.717) is 17.5 Å². The highest BCUT2D eigenvalue weighted by Gasteiger charge is 2.16. The summed E-state index contributed by atoms with van der Waals surface area (Å²) in [7, 11) is 0. The second kappa shape index (κ2) is 9.77. The second-order valence-electron chi connectivity index (χ2n) is 10.1. The maximum Gasteiger partial charge on any atom is 0.164 e. The van der Waals surface area contributed by atoms with E-state index >= 15 is 0 Å². The van der Waals surface area contributed by atoms with Crippen molar-refractivity contribution < 1.29 is 0 Å². The lowest BCUT2D eigenvalue weighted by atomic mass is 9.99. The standard InChI is InChI=1S/C37H23N3S/c1-3-10-24(11-4-1)25-18-20-27(21-19-25)36-38-35(26-12-5-2-6-13-26)39-37(40-36)30-16-9-15-29-28(30)22-23-33-34(29)31-14-7-8-17-32(31)41-33/h1-23H. The Hall–Kier alpha value is -5.19. The van der Waals surface area contributed by atoms with Crippen molar-refractivity contribution in [1.29, 1.82) is 0 Å². The normalized spacial score (nSPS) is 11.4. The van der Waals surface area contributed by atoms with Gasteiger partial charge in [-0.1, -0.05) is 127 Å². The van der Waals surface area contributed by atoms with Gasteiger partial charge in [0.25, 0.3) is 0 Å². The summed E-state index contributed by atoms with van der Waals surface area (Å²) in [6.45, 7) is 0. The first-order valence-corrected chi connectivity index (χ1v) is 14.4. The van der Waals surface area contributed by atoms with Crippen LogP contribution in [-0.2, 0) is 0 Å². The molecule has 0 N–H and O–H groups in total. The number of aromatic nitrogens is 3. The predicted octanol–water partition coefficient (Wildman–Crippen LogP) is 10.1. The summed E-state index contributed by atoms with van der Waals surface area (Å²) in [5, 5.41) is 4.93. The number of nitrogens with zero attached hydrogens (tertiary/aromatic N) is 3. The van der Waals surface area contributed by atoms with E-state index in [1.807, 2.05) is 47.7 Å². The summed E-state index contributed by atoms with van der Waals surface area (Å²) in [5.74, 6) is 2.00. The zero-order valence-electron chi connectivity index (χ0n) is 22.0. The molecular formula is C37H23N3S. The fourth-order valence-electron chi connectivity index (χ4n) is 5.56. The molecule has 0 saturated carbocycles. The van der Waals surface area contributed by atoms with E-state index in [-0.39, 0.29) is 0 Å². The number of hydrogen-bond acceptors (Lipinski definition) is 4. The third-order valence-corrected chi connectivity index (χ3v) is 8.69. The van der Waals surface area contributed by atoms with Gasteiger partial charge in [0.05, 0.1) is 0 Å². The molecule has 0 saturated heterocycles. The molecule has 2 aromatic heterocycles. The smallest absolute Gasteiger partial charge is 0.164 e. The molecular weight excluding hydrogens is 518 g/mol. The molecule has 192 valence electrons. The van der Waals surface area contributed by atoms with Crippen molar-refractivity contribution in [2.45, 2.75) is 0 Å². The summed E-state index contributed by atoms with van der Waals surface area (Å²) in [5.41, 5.74) is 5.26. The lowest BCUT2D eigenvalue weighted by molar-refractivity contribution is 1.08. The minimum absolute atomic E-state index is 0.660. The van der Waals surface area contributed by atoms with Crippen LogP contribution >= 0.6 is 11.3 Å². The molecule has 3 nitrogen and oxygen atoms in total. The molecule has 0 bridgehead atoms. The average Bonchev–Trinajstić information content (AvgIpc) is 3.44. The van der Waals surface area contributed by atoms with E-state index in [1.165, 1.54) is 31.1 Å². The van der Waals surface area contributed by atoms with Gasteiger partial charge in [0.15, 0.2) is 17.5 Å². The molecule has 2 heterocycles. The van der Waals surface area contributed by atoms with Crippen LogP contribution in [0.3, 0.4) is 0 Å². The maximum absolute atomic E-state index is 5.06. The Kier molecular flexibility index (Phi) is 5.64. The van der Waals surface area contributed by atoms with Crippen molar-refractivity contribution >= 4 is 42.3 Å². The van der Waals surface area contributed by atoms with E-state index in [1.54, 1.807) is 0 Å². The Labute approximate surface area is 241 Å². The first kappa shape index (κ1) is 23.7. The summed E-state index contributed by atoms with van der Waals surface area (Å²) in [6.07, 6.45) is 0.